The second-order valence-electron chi connectivity index (χ2n) is 6.71. The normalized spacial score (nSPS) is 21.3. The van der Waals surface area contributed by atoms with Crippen LogP contribution in [0.4, 0.5) is 5.69 Å². The first-order valence-electron chi connectivity index (χ1n) is 8.84. The highest BCUT2D eigenvalue weighted by Gasteiger charge is 2.32. The number of nitrogens with one attached hydrogen (secondary N) is 1. The molecule has 28 heavy (non-hydrogen) atoms. The Balaban J connectivity index is 1.74. The van der Waals surface area contributed by atoms with Gasteiger partial charge in [-0.15, -0.1) is 11.3 Å². The van der Waals surface area contributed by atoms with Crippen molar-refractivity contribution >= 4 is 32.6 Å². The van der Waals surface area contributed by atoms with E-state index in [0.717, 1.165) is 5.69 Å². The van der Waals surface area contributed by atoms with Crippen LogP contribution in [0.25, 0.3) is 5.57 Å². The minimum absolute atomic E-state index is 0.136. The molecule has 2 heterocycles. The van der Waals surface area contributed by atoms with E-state index < -0.39 is 10.0 Å². The molecule has 1 saturated heterocycles. The maximum Gasteiger partial charge on any atom is 0.243 e. The van der Waals surface area contributed by atoms with Gasteiger partial charge in [0.2, 0.25) is 10.0 Å². The molecule has 1 N–H and O–H groups in total. The van der Waals surface area contributed by atoms with E-state index in [4.69, 9.17) is 4.74 Å². The summed E-state index contributed by atoms with van der Waals surface area (Å²) in [5.74, 6) is 0. The molecule has 0 saturated carbocycles. The fourth-order valence-electron chi connectivity index (χ4n) is 2.97. The lowest BCUT2D eigenvalue weighted by Gasteiger charge is -2.34. The molecular weight excluding hydrogens is 396 g/mol. The molecule has 7 nitrogen and oxygen atoms in total. The number of thiazole rings is 1. The Hall–Kier alpha value is -2.25. The second-order valence-corrected chi connectivity index (χ2v) is 9.51. The van der Waals surface area contributed by atoms with Crippen molar-refractivity contribution in [1.29, 1.82) is 5.26 Å². The zero-order valence-corrected chi connectivity index (χ0v) is 17.5. The lowest BCUT2D eigenvalue weighted by atomic mass is 10.3. The average Bonchev–Trinajstić information content (AvgIpc) is 3.08. The number of ether oxygens (including phenoxy) is 1. The number of nitriles is 1. The van der Waals surface area contributed by atoms with Crippen LogP contribution in [0.15, 0.2) is 40.7 Å². The molecule has 148 valence electrons. The molecule has 1 fully saturated rings. The minimum Gasteiger partial charge on any atom is -0.373 e. The van der Waals surface area contributed by atoms with E-state index in [1.54, 1.807) is 30.5 Å². The van der Waals surface area contributed by atoms with Gasteiger partial charge in [0.1, 0.15) is 16.6 Å². The Morgan fingerprint density at radius 2 is 1.96 bits per heavy atom. The molecule has 0 bridgehead atoms. The monoisotopic (exact) mass is 418 g/mol. The van der Waals surface area contributed by atoms with E-state index in [0.29, 0.717) is 29.4 Å². The summed E-state index contributed by atoms with van der Waals surface area (Å²) in [6, 6.07) is 8.61. The number of hydrogen-bond donors (Lipinski definition) is 1. The van der Waals surface area contributed by atoms with Gasteiger partial charge >= 0.3 is 0 Å². The molecule has 1 aliphatic heterocycles. The topological polar surface area (TPSA) is 95.3 Å². The van der Waals surface area contributed by atoms with Crippen LogP contribution in [0.3, 0.4) is 0 Å². The van der Waals surface area contributed by atoms with Gasteiger partial charge in [-0.1, -0.05) is 0 Å². The van der Waals surface area contributed by atoms with Crippen LogP contribution in [-0.2, 0) is 14.8 Å². The number of hydrogen-bond acceptors (Lipinski definition) is 7. The van der Waals surface area contributed by atoms with E-state index >= 15 is 0 Å². The lowest BCUT2D eigenvalue weighted by Crippen LogP contribution is -2.48. The molecule has 3 rings (SSSR count). The van der Waals surface area contributed by atoms with Crippen molar-refractivity contribution in [2.45, 2.75) is 37.9 Å². The Labute approximate surface area is 169 Å². The van der Waals surface area contributed by atoms with Crippen LogP contribution in [0, 0.1) is 18.3 Å². The lowest BCUT2D eigenvalue weighted by molar-refractivity contribution is -0.0440. The van der Waals surface area contributed by atoms with E-state index in [1.165, 1.54) is 15.6 Å². The van der Waals surface area contributed by atoms with Crippen LogP contribution in [0.1, 0.15) is 24.5 Å². The maximum atomic E-state index is 12.9. The number of aromatic nitrogens is 1. The number of morpholine rings is 1. The van der Waals surface area contributed by atoms with Gasteiger partial charge in [-0.25, -0.2) is 13.4 Å². The largest absolute Gasteiger partial charge is 0.373 e. The average molecular weight is 419 g/mol. The van der Waals surface area contributed by atoms with Crippen molar-refractivity contribution in [2.75, 3.05) is 18.4 Å². The summed E-state index contributed by atoms with van der Waals surface area (Å²) in [6.07, 6.45) is 1.31. The molecule has 2 atom stereocenters. The summed E-state index contributed by atoms with van der Waals surface area (Å²) in [4.78, 5) is 4.53. The third-order valence-electron chi connectivity index (χ3n) is 4.23. The van der Waals surface area contributed by atoms with E-state index in [-0.39, 0.29) is 17.1 Å². The first kappa shape index (κ1) is 20.5. The van der Waals surface area contributed by atoms with Gasteiger partial charge in [0.05, 0.1) is 17.1 Å². The highest BCUT2D eigenvalue weighted by Crippen LogP contribution is 2.23. The Kier molecular flexibility index (Phi) is 6.15. The number of nitrogens with zero attached hydrogens (tertiary/aromatic N) is 3. The zero-order chi connectivity index (χ0) is 20.3. The number of allylic oxidation sites excluding steroid dienone is 1. The predicted molar refractivity (Wildman–Crippen MR) is 109 cm³/mol. The van der Waals surface area contributed by atoms with Gasteiger partial charge in [-0.2, -0.15) is 9.57 Å². The summed E-state index contributed by atoms with van der Waals surface area (Å²) >= 11 is 1.40. The molecule has 0 spiro atoms. The quantitative estimate of drug-likeness (QED) is 0.749. The summed E-state index contributed by atoms with van der Waals surface area (Å²) in [6.45, 7) is 6.29. The third-order valence-corrected chi connectivity index (χ3v) is 7.07. The molecule has 0 aliphatic carbocycles. The van der Waals surface area contributed by atoms with Crippen molar-refractivity contribution in [1.82, 2.24) is 9.29 Å². The molecule has 0 radical (unpaired) electrons. The number of aryl methyl sites for hydroxylation is 1. The smallest absolute Gasteiger partial charge is 0.243 e. The maximum absolute atomic E-state index is 12.9. The number of benzene rings is 1. The second kappa shape index (κ2) is 8.41. The van der Waals surface area contributed by atoms with Crippen molar-refractivity contribution in [2.24, 2.45) is 0 Å². The summed E-state index contributed by atoms with van der Waals surface area (Å²) in [7, 11) is -3.57. The molecule has 1 aromatic heterocycles. The fourth-order valence-corrected chi connectivity index (χ4v) is 5.33. The SMILES string of the molecule is Cc1csc(/C(C#N)=C/Nc2ccc(S(=O)(=O)N3C[C@@H](C)O[C@H](C)C3)cc2)n1. The van der Waals surface area contributed by atoms with E-state index in [2.05, 4.69) is 16.4 Å². The first-order valence-corrected chi connectivity index (χ1v) is 11.2. The van der Waals surface area contributed by atoms with Crippen molar-refractivity contribution in [3.8, 4) is 6.07 Å². The minimum atomic E-state index is -3.57. The van der Waals surface area contributed by atoms with Crippen LogP contribution >= 0.6 is 11.3 Å². The molecular formula is C19H22N4O3S2. The van der Waals surface area contributed by atoms with Gasteiger partial charge in [-0.05, 0) is 45.0 Å². The Morgan fingerprint density at radius 3 is 2.50 bits per heavy atom. The molecule has 0 unspecified atom stereocenters. The van der Waals surface area contributed by atoms with E-state index in [9.17, 15) is 13.7 Å². The van der Waals surface area contributed by atoms with Gasteiger partial charge < -0.3 is 10.1 Å². The number of rotatable bonds is 5. The molecule has 2 aromatic rings. The highest BCUT2D eigenvalue weighted by atomic mass is 32.2. The van der Waals surface area contributed by atoms with Gasteiger partial charge in [0.15, 0.2) is 0 Å². The van der Waals surface area contributed by atoms with E-state index in [1.807, 2.05) is 26.2 Å². The Morgan fingerprint density at radius 1 is 1.32 bits per heavy atom. The summed E-state index contributed by atoms with van der Waals surface area (Å²) in [5, 5.41) is 14.9. The van der Waals surface area contributed by atoms with Gasteiger partial charge in [0, 0.05) is 36.1 Å². The third kappa shape index (κ3) is 4.59. The van der Waals surface area contributed by atoms with Crippen LogP contribution in [0.2, 0.25) is 0 Å². The highest BCUT2D eigenvalue weighted by molar-refractivity contribution is 7.89. The van der Waals surface area contributed by atoms with Gasteiger partial charge in [0.25, 0.3) is 0 Å². The summed E-state index contributed by atoms with van der Waals surface area (Å²) < 4.78 is 32.8. The van der Waals surface area contributed by atoms with Crippen LogP contribution in [0.5, 0.6) is 0 Å². The molecule has 1 aliphatic rings. The molecule has 0 amide bonds. The van der Waals surface area contributed by atoms with Crippen molar-refractivity contribution in [3.63, 3.8) is 0 Å². The van der Waals surface area contributed by atoms with Crippen LogP contribution in [-0.4, -0.2) is 43.0 Å². The number of sulfonamides is 1. The van der Waals surface area contributed by atoms with Crippen molar-refractivity contribution in [3.05, 3.63) is 46.5 Å². The van der Waals surface area contributed by atoms with Crippen molar-refractivity contribution < 1.29 is 13.2 Å². The fraction of sp³-hybridized carbons (Fsp3) is 0.368. The summed E-state index contributed by atoms with van der Waals surface area (Å²) in [5.41, 5.74) is 1.97. The first-order chi connectivity index (χ1) is 13.3. The van der Waals surface area contributed by atoms with Gasteiger partial charge in [-0.3, -0.25) is 0 Å². The Bertz CT molecular complexity index is 997. The predicted octanol–water partition coefficient (Wildman–Crippen LogP) is 3.23. The van der Waals surface area contributed by atoms with Crippen LogP contribution < -0.4 is 5.32 Å². The number of anilines is 1. The standard InChI is InChI=1S/C19H22N4O3S2/c1-13-12-27-19(22-13)16(8-20)9-21-17-4-6-18(7-5-17)28(24,25)23-10-14(2)26-15(3)11-23/h4-7,9,12,14-15,21H,10-11H2,1-3H3/b16-9+/t14-,15-/m1/s1. The molecule has 9 heteroatoms. The zero-order valence-electron chi connectivity index (χ0n) is 15.9. The molecule has 1 aromatic carbocycles.